The SMILES string of the molecule is O=C(c1ccc([N+](=O)[O-])cc1F)N1CCC2CCC(C1)N2. The molecule has 0 aromatic heterocycles. The molecule has 3 rings (SSSR count). The third-order valence-electron chi connectivity index (χ3n) is 4.20. The highest BCUT2D eigenvalue weighted by atomic mass is 19.1. The van der Waals surface area contributed by atoms with E-state index in [9.17, 15) is 19.3 Å². The summed E-state index contributed by atoms with van der Waals surface area (Å²) in [5.41, 5.74) is -0.445. The second-order valence-electron chi connectivity index (χ2n) is 5.60. The first-order chi connectivity index (χ1) is 10.0. The van der Waals surface area contributed by atoms with Crippen LogP contribution in [0.3, 0.4) is 0 Å². The van der Waals surface area contributed by atoms with Gasteiger partial charge in [0, 0.05) is 31.2 Å². The maximum atomic E-state index is 13.9. The van der Waals surface area contributed by atoms with Crippen LogP contribution in [-0.2, 0) is 0 Å². The van der Waals surface area contributed by atoms with Crippen LogP contribution in [-0.4, -0.2) is 40.9 Å². The number of rotatable bonds is 2. The van der Waals surface area contributed by atoms with Crippen molar-refractivity contribution >= 4 is 11.6 Å². The first-order valence-corrected chi connectivity index (χ1v) is 7.04. The second-order valence-corrected chi connectivity index (χ2v) is 5.60. The summed E-state index contributed by atoms with van der Waals surface area (Å²) in [6, 6.07) is 3.87. The molecule has 7 heteroatoms. The molecule has 1 N–H and O–H groups in total. The number of benzene rings is 1. The zero-order valence-corrected chi connectivity index (χ0v) is 11.4. The van der Waals surface area contributed by atoms with E-state index in [1.165, 1.54) is 12.1 Å². The van der Waals surface area contributed by atoms with Crippen molar-refractivity contribution in [2.24, 2.45) is 0 Å². The fourth-order valence-electron chi connectivity index (χ4n) is 3.09. The number of hydrogen-bond donors (Lipinski definition) is 1. The lowest BCUT2D eigenvalue weighted by Crippen LogP contribution is -2.39. The third-order valence-corrected chi connectivity index (χ3v) is 4.20. The number of nitro benzene ring substituents is 1. The largest absolute Gasteiger partial charge is 0.337 e. The average Bonchev–Trinajstić information content (AvgIpc) is 2.77. The molecule has 2 aliphatic rings. The van der Waals surface area contributed by atoms with Crippen molar-refractivity contribution in [3.63, 3.8) is 0 Å². The summed E-state index contributed by atoms with van der Waals surface area (Å²) in [7, 11) is 0. The van der Waals surface area contributed by atoms with Gasteiger partial charge in [0.1, 0.15) is 5.82 Å². The predicted molar refractivity (Wildman–Crippen MR) is 73.5 cm³/mol. The summed E-state index contributed by atoms with van der Waals surface area (Å²) >= 11 is 0. The topological polar surface area (TPSA) is 75.5 Å². The number of nitro groups is 1. The van der Waals surface area contributed by atoms with Gasteiger partial charge < -0.3 is 10.2 Å². The van der Waals surface area contributed by atoms with Crippen LogP contribution < -0.4 is 5.32 Å². The molecule has 1 amide bonds. The minimum absolute atomic E-state index is 0.0987. The normalized spacial score (nSPS) is 24.7. The van der Waals surface area contributed by atoms with E-state index in [1.807, 2.05) is 0 Å². The van der Waals surface area contributed by atoms with E-state index in [2.05, 4.69) is 5.32 Å². The van der Waals surface area contributed by atoms with Gasteiger partial charge in [-0.25, -0.2) is 4.39 Å². The molecule has 1 aromatic rings. The van der Waals surface area contributed by atoms with Crippen LogP contribution in [0.25, 0.3) is 0 Å². The van der Waals surface area contributed by atoms with Gasteiger partial charge in [-0.2, -0.15) is 0 Å². The summed E-state index contributed by atoms with van der Waals surface area (Å²) in [6.45, 7) is 1.15. The highest BCUT2D eigenvalue weighted by Crippen LogP contribution is 2.23. The van der Waals surface area contributed by atoms with Crippen LogP contribution in [0.15, 0.2) is 18.2 Å². The monoisotopic (exact) mass is 293 g/mol. The summed E-state index contributed by atoms with van der Waals surface area (Å²) in [4.78, 5) is 24.0. The van der Waals surface area contributed by atoms with Crippen LogP contribution in [0.5, 0.6) is 0 Å². The average molecular weight is 293 g/mol. The van der Waals surface area contributed by atoms with Crippen molar-refractivity contribution in [3.8, 4) is 0 Å². The van der Waals surface area contributed by atoms with E-state index in [0.717, 1.165) is 25.3 Å². The molecule has 2 unspecified atom stereocenters. The summed E-state index contributed by atoms with van der Waals surface area (Å²) < 4.78 is 13.9. The van der Waals surface area contributed by atoms with Gasteiger partial charge in [-0.1, -0.05) is 0 Å². The van der Waals surface area contributed by atoms with Crippen molar-refractivity contribution in [1.82, 2.24) is 10.2 Å². The molecule has 21 heavy (non-hydrogen) atoms. The molecule has 0 spiro atoms. The Balaban J connectivity index is 1.80. The van der Waals surface area contributed by atoms with Crippen LogP contribution in [0, 0.1) is 15.9 Å². The van der Waals surface area contributed by atoms with Crippen LogP contribution in [0.1, 0.15) is 29.6 Å². The lowest BCUT2D eigenvalue weighted by atomic mass is 10.1. The molecule has 6 nitrogen and oxygen atoms in total. The molecule has 2 aliphatic heterocycles. The van der Waals surface area contributed by atoms with E-state index in [4.69, 9.17) is 0 Å². The number of hydrogen-bond acceptors (Lipinski definition) is 4. The van der Waals surface area contributed by atoms with Crippen molar-refractivity contribution in [2.75, 3.05) is 13.1 Å². The Morgan fingerprint density at radius 1 is 1.33 bits per heavy atom. The Hall–Kier alpha value is -2.02. The first-order valence-electron chi connectivity index (χ1n) is 7.04. The van der Waals surface area contributed by atoms with Gasteiger partial charge in [-0.3, -0.25) is 14.9 Å². The molecular formula is C14H16FN3O3. The number of non-ortho nitro benzene ring substituents is 1. The molecule has 2 fully saturated rings. The summed E-state index contributed by atoms with van der Waals surface area (Å²) in [5.74, 6) is -1.23. The van der Waals surface area contributed by atoms with Crippen molar-refractivity contribution < 1.29 is 14.1 Å². The molecule has 0 aliphatic carbocycles. The Morgan fingerprint density at radius 2 is 2.10 bits per heavy atom. The van der Waals surface area contributed by atoms with Gasteiger partial charge >= 0.3 is 0 Å². The second kappa shape index (κ2) is 5.40. The smallest absolute Gasteiger partial charge is 0.272 e. The number of nitrogens with one attached hydrogen (secondary N) is 1. The van der Waals surface area contributed by atoms with Crippen molar-refractivity contribution in [3.05, 3.63) is 39.7 Å². The summed E-state index contributed by atoms with van der Waals surface area (Å²) in [6.07, 6.45) is 3.01. The molecule has 0 radical (unpaired) electrons. The van der Waals surface area contributed by atoms with Crippen LogP contribution in [0.2, 0.25) is 0 Å². The van der Waals surface area contributed by atoms with E-state index in [1.54, 1.807) is 4.90 Å². The van der Waals surface area contributed by atoms with Gasteiger partial charge in [0.2, 0.25) is 0 Å². The molecule has 112 valence electrons. The number of likely N-dealkylation sites (tertiary alicyclic amines) is 1. The van der Waals surface area contributed by atoms with E-state index in [0.29, 0.717) is 19.1 Å². The van der Waals surface area contributed by atoms with Crippen molar-refractivity contribution in [1.29, 1.82) is 0 Å². The van der Waals surface area contributed by atoms with Gasteiger partial charge in [0.05, 0.1) is 16.6 Å². The molecule has 2 bridgehead atoms. The van der Waals surface area contributed by atoms with Gasteiger partial charge in [0.25, 0.3) is 11.6 Å². The number of fused-ring (bicyclic) bond motifs is 2. The minimum atomic E-state index is -0.837. The number of carbonyl (C=O) groups excluding carboxylic acids is 1. The van der Waals surface area contributed by atoms with Crippen molar-refractivity contribution in [2.45, 2.75) is 31.3 Å². The van der Waals surface area contributed by atoms with Gasteiger partial charge in [-0.15, -0.1) is 0 Å². The molecule has 2 saturated heterocycles. The number of halogens is 1. The van der Waals surface area contributed by atoms with Gasteiger partial charge in [0.15, 0.2) is 0 Å². The summed E-state index contributed by atoms with van der Waals surface area (Å²) in [5, 5.41) is 14.1. The Morgan fingerprint density at radius 3 is 2.81 bits per heavy atom. The highest BCUT2D eigenvalue weighted by Gasteiger charge is 2.32. The van der Waals surface area contributed by atoms with E-state index >= 15 is 0 Å². The Kier molecular flexibility index (Phi) is 3.59. The van der Waals surface area contributed by atoms with E-state index < -0.39 is 16.6 Å². The minimum Gasteiger partial charge on any atom is -0.337 e. The van der Waals surface area contributed by atoms with Crippen LogP contribution in [0.4, 0.5) is 10.1 Å². The lowest BCUT2D eigenvalue weighted by Gasteiger charge is -2.24. The van der Waals surface area contributed by atoms with Crippen LogP contribution >= 0.6 is 0 Å². The number of nitrogens with zero attached hydrogens (tertiary/aromatic N) is 2. The Bertz CT molecular complexity index is 593. The molecule has 0 saturated carbocycles. The number of amides is 1. The maximum absolute atomic E-state index is 13.9. The predicted octanol–water partition coefficient (Wildman–Crippen LogP) is 1.70. The molecular weight excluding hydrogens is 277 g/mol. The first kappa shape index (κ1) is 13.9. The molecule has 2 heterocycles. The fourth-order valence-corrected chi connectivity index (χ4v) is 3.09. The molecule has 1 aromatic carbocycles. The maximum Gasteiger partial charge on any atom is 0.272 e. The third kappa shape index (κ3) is 2.73. The highest BCUT2D eigenvalue weighted by molar-refractivity contribution is 5.94. The zero-order valence-electron chi connectivity index (χ0n) is 11.4. The fraction of sp³-hybridized carbons (Fsp3) is 0.500. The van der Waals surface area contributed by atoms with E-state index in [-0.39, 0.29) is 17.3 Å². The molecule has 2 atom stereocenters. The number of carbonyl (C=O) groups is 1. The quantitative estimate of drug-likeness (QED) is 0.665. The standard InChI is InChI=1S/C14H16FN3O3/c15-13-7-11(18(20)21)3-4-12(13)14(19)17-6-5-9-1-2-10(8-17)16-9/h3-4,7,9-10,16H,1-2,5-6,8H2. The lowest BCUT2D eigenvalue weighted by molar-refractivity contribution is -0.385. The Labute approximate surface area is 121 Å². The zero-order chi connectivity index (χ0) is 15.0. The van der Waals surface area contributed by atoms with Gasteiger partial charge in [-0.05, 0) is 25.3 Å².